The van der Waals surface area contributed by atoms with Gasteiger partial charge < -0.3 is 24.4 Å². The molecule has 0 spiro atoms. The molecule has 3 N–H and O–H groups in total. The maximum absolute atomic E-state index is 11.4. The molecule has 0 fully saturated rings. The lowest BCUT2D eigenvalue weighted by atomic mass is 10.3. The highest BCUT2D eigenvalue weighted by molar-refractivity contribution is 7.52. The molecule has 0 aliphatic heterocycles. The molecular formula is C13H13O6P. The highest BCUT2D eigenvalue weighted by atomic mass is 31.2. The van der Waals surface area contributed by atoms with Crippen LogP contribution in [0.1, 0.15) is 0 Å². The van der Waals surface area contributed by atoms with Crippen molar-refractivity contribution in [3.8, 4) is 17.2 Å². The number of aromatic hydroxyl groups is 1. The van der Waals surface area contributed by atoms with Crippen molar-refractivity contribution in [1.82, 2.24) is 0 Å². The Morgan fingerprint density at radius 3 is 2.10 bits per heavy atom. The smallest absolute Gasteiger partial charge is 0.406 e. The van der Waals surface area contributed by atoms with Crippen LogP contribution in [0.3, 0.4) is 0 Å². The zero-order valence-corrected chi connectivity index (χ0v) is 11.2. The molecule has 7 heteroatoms. The van der Waals surface area contributed by atoms with Gasteiger partial charge in [-0.2, -0.15) is 0 Å². The third-order valence-corrected chi connectivity index (χ3v) is 3.11. The number of phenolic OH excluding ortho intramolecular Hbond substituents is 1. The van der Waals surface area contributed by atoms with E-state index >= 15 is 0 Å². The van der Waals surface area contributed by atoms with E-state index in [-0.39, 0.29) is 17.2 Å². The lowest BCUT2D eigenvalue weighted by Crippen LogP contribution is -2.24. The summed E-state index contributed by atoms with van der Waals surface area (Å²) in [5.41, 5.74) is 0. The second-order valence-electron chi connectivity index (χ2n) is 3.91. The van der Waals surface area contributed by atoms with Crippen molar-refractivity contribution >= 4 is 7.60 Å². The van der Waals surface area contributed by atoms with Gasteiger partial charge in [0.2, 0.25) is 0 Å². The van der Waals surface area contributed by atoms with Gasteiger partial charge in [-0.3, -0.25) is 4.57 Å². The summed E-state index contributed by atoms with van der Waals surface area (Å²) in [5.74, 6) is -0.0596. The number of hydrogen-bond acceptors (Lipinski definition) is 4. The van der Waals surface area contributed by atoms with Gasteiger partial charge in [-0.25, -0.2) is 0 Å². The first kappa shape index (κ1) is 14.4. The first-order valence-electron chi connectivity index (χ1n) is 5.68. The van der Waals surface area contributed by atoms with Crippen molar-refractivity contribution in [2.75, 3.05) is 0 Å². The summed E-state index contributed by atoms with van der Waals surface area (Å²) in [6, 6.07) is 12.1. The Morgan fingerprint density at radius 1 is 0.900 bits per heavy atom. The molecule has 2 aromatic carbocycles. The number of rotatable bonds is 5. The molecule has 0 saturated carbocycles. The molecule has 0 aliphatic rings. The Balaban J connectivity index is 2.21. The number of hydrogen-bond donors (Lipinski definition) is 3. The molecule has 1 atom stereocenters. The van der Waals surface area contributed by atoms with Crippen molar-refractivity contribution in [3.63, 3.8) is 0 Å². The number of phenols is 1. The predicted molar refractivity (Wildman–Crippen MR) is 71.6 cm³/mol. The van der Waals surface area contributed by atoms with Crippen LogP contribution in [-0.2, 0) is 4.57 Å². The Hall–Kier alpha value is -2.01. The molecule has 0 amide bonds. The van der Waals surface area contributed by atoms with Crippen LogP contribution < -0.4 is 9.47 Å². The molecule has 0 aromatic heterocycles. The van der Waals surface area contributed by atoms with E-state index in [1.54, 1.807) is 30.3 Å². The summed E-state index contributed by atoms with van der Waals surface area (Å²) in [7, 11) is -4.68. The Bertz CT molecular complexity index is 609. The van der Waals surface area contributed by atoms with Crippen molar-refractivity contribution in [1.29, 1.82) is 0 Å². The molecule has 0 aliphatic carbocycles. The van der Waals surface area contributed by atoms with Gasteiger partial charge in [0.15, 0.2) is 11.5 Å². The maximum Gasteiger partial charge on any atom is 0.406 e. The zero-order chi connectivity index (χ0) is 14.6. The molecule has 20 heavy (non-hydrogen) atoms. The summed E-state index contributed by atoms with van der Waals surface area (Å²) >= 11 is 0. The normalized spacial score (nSPS) is 12.7. The van der Waals surface area contributed by atoms with Gasteiger partial charge >= 0.3 is 13.6 Å². The van der Waals surface area contributed by atoms with E-state index in [1.165, 1.54) is 24.3 Å². The van der Waals surface area contributed by atoms with Gasteiger partial charge in [0.05, 0.1) is 0 Å². The highest BCUT2D eigenvalue weighted by Gasteiger charge is 2.34. The fourth-order valence-corrected chi connectivity index (χ4v) is 1.95. The number of ether oxygens (including phenoxy) is 2. The van der Waals surface area contributed by atoms with Crippen molar-refractivity contribution < 1.29 is 28.9 Å². The van der Waals surface area contributed by atoms with Crippen LogP contribution >= 0.6 is 7.60 Å². The van der Waals surface area contributed by atoms with Crippen molar-refractivity contribution in [2.24, 2.45) is 0 Å². The highest BCUT2D eigenvalue weighted by Crippen LogP contribution is 2.44. The average Bonchev–Trinajstić information content (AvgIpc) is 2.40. The summed E-state index contributed by atoms with van der Waals surface area (Å²) in [6.45, 7) is 0. The second-order valence-corrected chi connectivity index (χ2v) is 5.51. The van der Waals surface area contributed by atoms with Crippen LogP contribution in [0.4, 0.5) is 0 Å². The molecule has 0 heterocycles. The lowest BCUT2D eigenvalue weighted by molar-refractivity contribution is 0.0487. The van der Waals surface area contributed by atoms with Crippen LogP contribution in [0.25, 0.3) is 0 Å². The predicted octanol–water partition coefficient (Wildman–Crippen LogP) is 2.31. The molecule has 2 rings (SSSR count). The Kier molecular flexibility index (Phi) is 4.29. The summed E-state index contributed by atoms with van der Waals surface area (Å²) < 4.78 is 21.6. The third kappa shape index (κ3) is 3.74. The van der Waals surface area contributed by atoms with Gasteiger partial charge in [0.25, 0.3) is 0 Å². The lowest BCUT2D eigenvalue weighted by Gasteiger charge is -2.21. The average molecular weight is 296 g/mol. The van der Waals surface area contributed by atoms with Gasteiger partial charge in [-0.15, -0.1) is 0 Å². The molecule has 0 bridgehead atoms. The van der Waals surface area contributed by atoms with Gasteiger partial charge in [0, 0.05) is 0 Å². The topological polar surface area (TPSA) is 96.2 Å². The second kappa shape index (κ2) is 5.96. The van der Waals surface area contributed by atoms with Crippen molar-refractivity contribution in [3.05, 3.63) is 54.6 Å². The standard InChI is InChI=1S/C13H13O6P/c14-11-8-4-5-9-12(11)19-13(20(15,16)17)18-10-6-2-1-3-7-10/h1-9,13-14H,(H2,15,16,17). The molecule has 0 saturated heterocycles. The Morgan fingerprint density at radius 2 is 1.50 bits per heavy atom. The third-order valence-electron chi connectivity index (χ3n) is 2.35. The fraction of sp³-hybridized carbons (Fsp3) is 0.0769. The first-order valence-corrected chi connectivity index (χ1v) is 7.36. The fourth-order valence-electron chi connectivity index (χ4n) is 1.44. The summed E-state index contributed by atoms with van der Waals surface area (Å²) in [4.78, 5) is 18.5. The molecule has 0 radical (unpaired) electrons. The van der Waals surface area contributed by atoms with Crippen LogP contribution in [-0.4, -0.2) is 20.9 Å². The SMILES string of the molecule is O=P(O)(O)C(Oc1ccccc1)Oc1ccccc1O. The van der Waals surface area contributed by atoms with Crippen LogP contribution in [0.5, 0.6) is 17.2 Å². The largest absolute Gasteiger partial charge is 0.504 e. The Labute approximate surface area is 115 Å². The quantitative estimate of drug-likeness (QED) is 0.579. The van der Waals surface area contributed by atoms with E-state index in [0.29, 0.717) is 0 Å². The minimum atomic E-state index is -4.68. The minimum absolute atomic E-state index is 0.0724. The van der Waals surface area contributed by atoms with Crippen LogP contribution in [0.2, 0.25) is 0 Å². The van der Waals surface area contributed by atoms with E-state index in [0.717, 1.165) is 0 Å². The van der Waals surface area contributed by atoms with E-state index in [4.69, 9.17) is 9.47 Å². The number of para-hydroxylation sites is 3. The number of benzene rings is 2. The zero-order valence-electron chi connectivity index (χ0n) is 10.3. The summed E-state index contributed by atoms with van der Waals surface area (Å²) in [5, 5.41) is 9.56. The molecule has 1 unspecified atom stereocenters. The van der Waals surface area contributed by atoms with Gasteiger partial charge in [-0.05, 0) is 24.3 Å². The minimum Gasteiger partial charge on any atom is -0.504 e. The maximum atomic E-state index is 11.4. The molecule has 6 nitrogen and oxygen atoms in total. The molecule has 2 aromatic rings. The monoisotopic (exact) mass is 296 g/mol. The molecule has 106 valence electrons. The van der Waals surface area contributed by atoms with Gasteiger partial charge in [0.1, 0.15) is 5.75 Å². The van der Waals surface area contributed by atoms with E-state index in [1.807, 2.05) is 0 Å². The van der Waals surface area contributed by atoms with E-state index in [9.17, 15) is 19.5 Å². The van der Waals surface area contributed by atoms with E-state index in [2.05, 4.69) is 0 Å². The van der Waals surface area contributed by atoms with Crippen LogP contribution in [0.15, 0.2) is 54.6 Å². The van der Waals surface area contributed by atoms with Gasteiger partial charge in [-0.1, -0.05) is 30.3 Å². The van der Waals surface area contributed by atoms with E-state index < -0.39 is 13.6 Å². The van der Waals surface area contributed by atoms with Crippen molar-refractivity contribution in [2.45, 2.75) is 6.03 Å². The first-order chi connectivity index (χ1) is 9.47. The van der Waals surface area contributed by atoms with Crippen LogP contribution in [0, 0.1) is 0 Å². The summed E-state index contributed by atoms with van der Waals surface area (Å²) in [6.07, 6.45) is 0. The molecular weight excluding hydrogens is 283 g/mol.